The van der Waals surface area contributed by atoms with Crippen LogP contribution in [0.3, 0.4) is 0 Å². The topological polar surface area (TPSA) is 75.1 Å². The fourth-order valence-corrected chi connectivity index (χ4v) is 5.00. The molecule has 7 nitrogen and oxygen atoms in total. The molecular formula is C27H24Cl2N6OS. The largest absolute Gasteiger partial charge is 0.351 e. The van der Waals surface area contributed by atoms with Crippen LogP contribution in [0.15, 0.2) is 79.3 Å². The van der Waals surface area contributed by atoms with E-state index in [9.17, 15) is 4.79 Å². The second-order valence-corrected chi connectivity index (χ2v) is 10.2. The zero-order valence-corrected chi connectivity index (χ0v) is 22.4. The number of carbonyl (C=O) groups excluding carboxylic acids is 1. The van der Waals surface area contributed by atoms with E-state index in [1.807, 2.05) is 84.1 Å². The van der Waals surface area contributed by atoms with Crippen LogP contribution in [0.1, 0.15) is 37.3 Å². The van der Waals surface area contributed by atoms with Crippen LogP contribution in [0, 0.1) is 5.92 Å². The van der Waals surface area contributed by atoms with Gasteiger partial charge in [-0.2, -0.15) is 0 Å². The summed E-state index contributed by atoms with van der Waals surface area (Å²) in [5.74, 6) is 0.463. The van der Waals surface area contributed by atoms with Crippen molar-refractivity contribution in [3.8, 4) is 5.82 Å². The first-order valence-corrected chi connectivity index (χ1v) is 12.9. The van der Waals surface area contributed by atoms with Crippen LogP contribution in [0.5, 0.6) is 0 Å². The van der Waals surface area contributed by atoms with E-state index in [0.717, 1.165) is 22.9 Å². The fraction of sp³-hybridized carbons (Fsp3) is 0.185. The molecule has 0 radical (unpaired) electrons. The van der Waals surface area contributed by atoms with Gasteiger partial charge in [0.2, 0.25) is 5.91 Å². The third-order valence-corrected chi connectivity index (χ3v) is 7.00. The molecule has 2 N–H and O–H groups in total. The second-order valence-electron chi connectivity index (χ2n) is 8.94. The lowest BCUT2D eigenvalue weighted by atomic mass is 10.0. The van der Waals surface area contributed by atoms with Gasteiger partial charge in [-0.1, -0.05) is 43.1 Å². The Bertz CT molecular complexity index is 1440. The fourth-order valence-electron chi connectivity index (χ4n) is 4.32. The van der Waals surface area contributed by atoms with Crippen LogP contribution in [0.25, 0.3) is 5.82 Å². The first-order valence-electron chi connectivity index (χ1n) is 11.7. The molecule has 3 aromatic heterocycles. The van der Waals surface area contributed by atoms with Gasteiger partial charge < -0.3 is 20.1 Å². The Morgan fingerprint density at radius 3 is 2.59 bits per heavy atom. The molecule has 10 heteroatoms. The van der Waals surface area contributed by atoms with Gasteiger partial charge in [0.15, 0.2) is 5.11 Å². The number of amides is 1. The van der Waals surface area contributed by atoms with Crippen molar-refractivity contribution in [3.63, 3.8) is 0 Å². The number of thiocarbonyl (C=S) groups is 1. The molecule has 1 aromatic carbocycles. The van der Waals surface area contributed by atoms with Crippen LogP contribution in [0.2, 0.25) is 10.0 Å². The number of pyridine rings is 2. The molecule has 1 fully saturated rings. The summed E-state index contributed by atoms with van der Waals surface area (Å²) in [7, 11) is 0. The highest BCUT2D eigenvalue weighted by Crippen LogP contribution is 2.43. The van der Waals surface area contributed by atoms with Crippen LogP contribution in [-0.2, 0) is 4.79 Å². The maximum Gasteiger partial charge on any atom is 0.226 e. The van der Waals surface area contributed by atoms with Gasteiger partial charge in [-0.15, -0.1) is 0 Å². The van der Waals surface area contributed by atoms with Crippen molar-refractivity contribution < 1.29 is 4.79 Å². The van der Waals surface area contributed by atoms with Crippen LogP contribution >= 0.6 is 35.4 Å². The minimum atomic E-state index is -0.276. The number of carbonyl (C=O) groups is 1. The average molecular weight is 552 g/mol. The second kappa shape index (κ2) is 10.5. The summed E-state index contributed by atoms with van der Waals surface area (Å²) in [6.07, 6.45) is 5.34. The minimum absolute atomic E-state index is 0.102. The van der Waals surface area contributed by atoms with Crippen LogP contribution in [0.4, 0.5) is 11.4 Å². The summed E-state index contributed by atoms with van der Waals surface area (Å²) in [4.78, 5) is 23.4. The van der Waals surface area contributed by atoms with E-state index in [1.54, 1.807) is 18.5 Å². The summed E-state index contributed by atoms with van der Waals surface area (Å²) in [6.45, 7) is 3.66. The highest BCUT2D eigenvalue weighted by Gasteiger charge is 2.42. The van der Waals surface area contributed by atoms with E-state index in [2.05, 4.69) is 20.6 Å². The highest BCUT2D eigenvalue weighted by atomic mass is 35.5. The summed E-state index contributed by atoms with van der Waals surface area (Å²) in [5, 5.41) is 7.85. The van der Waals surface area contributed by atoms with Crippen molar-refractivity contribution in [1.82, 2.24) is 19.9 Å². The van der Waals surface area contributed by atoms with E-state index in [4.69, 9.17) is 35.4 Å². The van der Waals surface area contributed by atoms with Gasteiger partial charge in [0, 0.05) is 35.9 Å². The molecule has 1 aliphatic heterocycles. The molecule has 188 valence electrons. The number of halogens is 2. The van der Waals surface area contributed by atoms with Gasteiger partial charge in [-0.25, -0.2) is 4.98 Å². The number of rotatable bonds is 6. The number of hydrogen-bond donors (Lipinski definition) is 2. The van der Waals surface area contributed by atoms with Gasteiger partial charge >= 0.3 is 0 Å². The maximum absolute atomic E-state index is 12.2. The van der Waals surface area contributed by atoms with Crippen molar-refractivity contribution in [3.05, 3.63) is 101 Å². The lowest BCUT2D eigenvalue weighted by Crippen LogP contribution is -2.30. The Hall–Kier alpha value is -3.46. The summed E-state index contributed by atoms with van der Waals surface area (Å²) >= 11 is 18.6. The van der Waals surface area contributed by atoms with Crippen molar-refractivity contribution in [2.45, 2.75) is 25.9 Å². The molecule has 4 heterocycles. The first-order chi connectivity index (χ1) is 17.8. The van der Waals surface area contributed by atoms with Crippen molar-refractivity contribution in [2.75, 3.05) is 10.2 Å². The Labute approximate surface area is 230 Å². The highest BCUT2D eigenvalue weighted by molar-refractivity contribution is 7.80. The van der Waals surface area contributed by atoms with Gasteiger partial charge in [0.25, 0.3) is 0 Å². The van der Waals surface area contributed by atoms with Crippen LogP contribution in [-0.4, -0.2) is 25.6 Å². The Morgan fingerprint density at radius 2 is 1.92 bits per heavy atom. The summed E-state index contributed by atoms with van der Waals surface area (Å²) < 4.78 is 2.01. The Morgan fingerprint density at radius 1 is 1.08 bits per heavy atom. The third kappa shape index (κ3) is 5.05. The molecule has 2 atom stereocenters. The predicted molar refractivity (Wildman–Crippen MR) is 151 cm³/mol. The lowest BCUT2D eigenvalue weighted by Gasteiger charge is -2.29. The summed E-state index contributed by atoms with van der Waals surface area (Å²) in [5.41, 5.74) is 3.13. The molecule has 5 rings (SSSR count). The van der Waals surface area contributed by atoms with E-state index in [1.165, 1.54) is 0 Å². The normalized spacial score (nSPS) is 17.2. The van der Waals surface area contributed by atoms with E-state index < -0.39 is 0 Å². The van der Waals surface area contributed by atoms with Gasteiger partial charge in [0.05, 0.1) is 27.5 Å². The van der Waals surface area contributed by atoms with Crippen LogP contribution < -0.4 is 15.5 Å². The van der Waals surface area contributed by atoms with E-state index in [0.29, 0.717) is 20.8 Å². The number of aromatic nitrogens is 3. The van der Waals surface area contributed by atoms with Crippen molar-refractivity contribution >= 4 is 57.8 Å². The first kappa shape index (κ1) is 25.2. The van der Waals surface area contributed by atoms with E-state index in [-0.39, 0.29) is 23.9 Å². The van der Waals surface area contributed by atoms with E-state index >= 15 is 0 Å². The number of anilines is 2. The lowest BCUT2D eigenvalue weighted by molar-refractivity contribution is -0.118. The van der Waals surface area contributed by atoms with Gasteiger partial charge in [-0.05, 0) is 66.8 Å². The van der Waals surface area contributed by atoms with Crippen molar-refractivity contribution in [2.24, 2.45) is 5.92 Å². The van der Waals surface area contributed by atoms with Gasteiger partial charge in [-0.3, -0.25) is 9.78 Å². The monoisotopic (exact) mass is 550 g/mol. The average Bonchev–Trinajstić information content (AvgIpc) is 3.50. The smallest absolute Gasteiger partial charge is 0.226 e. The Kier molecular flexibility index (Phi) is 7.15. The zero-order valence-electron chi connectivity index (χ0n) is 20.1. The Balaban J connectivity index is 1.59. The standard InChI is InChI=1S/C27H24Cl2N6OS/c1-16(2)26(36)32-20-10-9-18(14-19(20)29)35-25(24(33-27(35)37)21-6-3-4-12-30-21)22-7-5-13-34(22)23-11-8-17(28)15-31-23/h3-16,24-25H,1-2H3,(H,32,36)(H,33,37)/t24-,25+/m1/s1. The third-order valence-electron chi connectivity index (χ3n) is 6.15. The molecule has 4 aromatic rings. The molecule has 0 bridgehead atoms. The molecule has 1 amide bonds. The number of nitrogens with zero attached hydrogens (tertiary/aromatic N) is 4. The van der Waals surface area contributed by atoms with Gasteiger partial charge in [0.1, 0.15) is 11.9 Å². The SMILES string of the molecule is CC(C)C(=O)Nc1ccc(N2C(=S)N[C@H](c3ccccn3)[C@@H]2c2cccn2-c2ccc(Cl)cn2)cc1Cl. The molecule has 0 spiro atoms. The number of benzene rings is 1. The molecule has 0 aliphatic carbocycles. The molecule has 37 heavy (non-hydrogen) atoms. The molecule has 0 unspecified atom stereocenters. The predicted octanol–water partition coefficient (Wildman–Crippen LogP) is 6.35. The quantitative estimate of drug-likeness (QED) is 0.272. The summed E-state index contributed by atoms with van der Waals surface area (Å²) in [6, 6.07) is 18.5. The minimum Gasteiger partial charge on any atom is -0.351 e. The molecular weight excluding hydrogens is 527 g/mol. The zero-order chi connectivity index (χ0) is 26.1. The molecule has 1 saturated heterocycles. The number of hydrogen-bond acceptors (Lipinski definition) is 4. The molecule has 1 aliphatic rings. The molecule has 0 saturated carbocycles. The maximum atomic E-state index is 12.2. The van der Waals surface area contributed by atoms with Crippen molar-refractivity contribution in [1.29, 1.82) is 0 Å². The number of nitrogens with one attached hydrogen (secondary N) is 2.